The molecule has 26 heavy (non-hydrogen) atoms. The predicted octanol–water partition coefficient (Wildman–Crippen LogP) is 3.93. The molecule has 1 atom stereocenters. The number of rotatable bonds is 6. The van der Waals surface area contributed by atoms with Gasteiger partial charge in [-0.05, 0) is 18.2 Å². The van der Waals surface area contributed by atoms with Crippen LogP contribution < -0.4 is 9.64 Å². The van der Waals surface area contributed by atoms with E-state index in [2.05, 4.69) is 4.74 Å². The van der Waals surface area contributed by atoms with Crippen molar-refractivity contribution in [2.45, 2.75) is 26.0 Å². The average molecular weight is 368 g/mol. The molecule has 1 aromatic heterocycles. The van der Waals surface area contributed by atoms with Crippen molar-refractivity contribution < 1.29 is 27.6 Å². The van der Waals surface area contributed by atoms with E-state index in [0.717, 1.165) is 12.2 Å². The van der Waals surface area contributed by atoms with Gasteiger partial charge in [0.1, 0.15) is 17.6 Å². The fraction of sp³-hybridized carbons (Fsp3) is 0.412. The van der Waals surface area contributed by atoms with Crippen LogP contribution in [0.15, 0.2) is 34.7 Å². The van der Waals surface area contributed by atoms with Crippen molar-refractivity contribution >= 4 is 11.4 Å². The number of nitrogens with zero attached hydrogens (tertiary/aromatic N) is 2. The highest BCUT2D eigenvalue weighted by Crippen LogP contribution is 2.37. The molecule has 0 bridgehead atoms. The van der Waals surface area contributed by atoms with Gasteiger partial charge >= 0.3 is 12.3 Å². The van der Waals surface area contributed by atoms with E-state index in [4.69, 9.17) is 9.15 Å². The van der Waals surface area contributed by atoms with Crippen molar-refractivity contribution in [3.63, 3.8) is 0 Å². The Bertz CT molecular complexity index is 780. The minimum absolute atomic E-state index is 0.259. The summed E-state index contributed by atoms with van der Waals surface area (Å²) in [5.74, 6) is 1.05. The average Bonchev–Trinajstić information content (AvgIpc) is 3.10. The summed E-state index contributed by atoms with van der Waals surface area (Å²) in [5.41, 5.74) is 0.0131. The number of nitro groups is 1. The van der Waals surface area contributed by atoms with Crippen LogP contribution in [0.2, 0.25) is 0 Å². The van der Waals surface area contributed by atoms with Crippen LogP contribution in [0.3, 0.4) is 0 Å². The second-order valence-corrected chi connectivity index (χ2v) is 5.73. The Morgan fingerprint density at radius 1 is 1.38 bits per heavy atom. The van der Waals surface area contributed by atoms with Gasteiger partial charge in [-0.15, -0.1) is 0 Å². The van der Waals surface area contributed by atoms with Gasteiger partial charge in [-0.25, -0.2) is 0 Å². The molecule has 0 saturated carbocycles. The molecule has 1 saturated heterocycles. The Morgan fingerprint density at radius 2 is 2.19 bits per heavy atom. The lowest BCUT2D eigenvalue weighted by Crippen LogP contribution is -2.39. The molecule has 3 rings (SSSR count). The Kier molecular flexibility index (Phi) is 5.36. The normalized spacial score (nSPS) is 17.5. The standard InChI is InChI=1S/C17H18F2N2O5/c1-2-12-4-6-15(25-12)14-10-24-8-7-20(14)11-3-5-13(21(22)23)16(9-11)26-17(18)19/h3-6,9,14,17H,2,7-8,10H2,1H3. The second kappa shape index (κ2) is 7.69. The smallest absolute Gasteiger partial charge is 0.387 e. The molecule has 0 radical (unpaired) electrons. The third-order valence-electron chi connectivity index (χ3n) is 4.18. The van der Waals surface area contributed by atoms with Crippen LogP contribution in [0.25, 0.3) is 0 Å². The van der Waals surface area contributed by atoms with Crippen LogP contribution >= 0.6 is 0 Å². The molecule has 1 aromatic carbocycles. The van der Waals surface area contributed by atoms with Crippen LogP contribution in [-0.4, -0.2) is 31.3 Å². The number of hydrogen-bond donors (Lipinski definition) is 0. The Balaban J connectivity index is 1.95. The highest BCUT2D eigenvalue weighted by atomic mass is 19.3. The molecule has 2 heterocycles. The van der Waals surface area contributed by atoms with E-state index in [1.54, 1.807) is 0 Å². The Hall–Kier alpha value is -2.68. The molecule has 0 N–H and O–H groups in total. The van der Waals surface area contributed by atoms with Gasteiger partial charge in [0.2, 0.25) is 5.75 Å². The molecule has 140 valence electrons. The van der Waals surface area contributed by atoms with E-state index in [1.165, 1.54) is 18.2 Å². The van der Waals surface area contributed by atoms with E-state index in [9.17, 15) is 18.9 Å². The summed E-state index contributed by atoms with van der Waals surface area (Å²) in [6.45, 7) is 0.112. The number of benzene rings is 1. The number of hydrogen-bond acceptors (Lipinski definition) is 6. The van der Waals surface area contributed by atoms with E-state index >= 15 is 0 Å². The predicted molar refractivity (Wildman–Crippen MR) is 88.7 cm³/mol. The van der Waals surface area contributed by atoms with Crippen molar-refractivity contribution in [3.8, 4) is 5.75 Å². The van der Waals surface area contributed by atoms with Crippen LogP contribution in [0.4, 0.5) is 20.2 Å². The minimum atomic E-state index is -3.15. The number of alkyl halides is 2. The lowest BCUT2D eigenvalue weighted by molar-refractivity contribution is -0.386. The van der Waals surface area contributed by atoms with E-state index in [1.807, 2.05) is 24.0 Å². The number of halogens is 2. The van der Waals surface area contributed by atoms with Gasteiger partial charge in [0.15, 0.2) is 0 Å². The van der Waals surface area contributed by atoms with Crippen molar-refractivity contribution in [1.29, 1.82) is 0 Å². The maximum absolute atomic E-state index is 12.6. The first-order chi connectivity index (χ1) is 12.5. The molecule has 1 aliphatic rings. The number of nitro benzene ring substituents is 1. The topological polar surface area (TPSA) is 78.0 Å². The Morgan fingerprint density at radius 3 is 2.85 bits per heavy atom. The summed E-state index contributed by atoms with van der Waals surface area (Å²) in [6, 6.07) is 7.41. The largest absolute Gasteiger partial charge is 0.464 e. The summed E-state index contributed by atoms with van der Waals surface area (Å²) in [5, 5.41) is 11.0. The number of anilines is 1. The SMILES string of the molecule is CCc1ccc(C2COCCN2c2ccc([N+](=O)[O-])c(OC(F)F)c2)o1. The molecule has 0 aliphatic carbocycles. The zero-order valence-electron chi connectivity index (χ0n) is 14.1. The van der Waals surface area contributed by atoms with Crippen molar-refractivity contribution in [1.82, 2.24) is 0 Å². The number of ether oxygens (including phenoxy) is 2. The molecule has 0 spiro atoms. The van der Waals surface area contributed by atoms with Crippen molar-refractivity contribution in [3.05, 3.63) is 52.0 Å². The summed E-state index contributed by atoms with van der Waals surface area (Å²) in [7, 11) is 0. The highest BCUT2D eigenvalue weighted by molar-refractivity contribution is 5.60. The summed E-state index contributed by atoms with van der Waals surface area (Å²) in [4.78, 5) is 12.2. The van der Waals surface area contributed by atoms with Crippen molar-refractivity contribution in [2.24, 2.45) is 0 Å². The fourth-order valence-corrected chi connectivity index (χ4v) is 2.93. The van der Waals surface area contributed by atoms with Crippen molar-refractivity contribution in [2.75, 3.05) is 24.7 Å². The molecular weight excluding hydrogens is 350 g/mol. The first-order valence-corrected chi connectivity index (χ1v) is 8.15. The van der Waals surface area contributed by atoms with Crippen LogP contribution in [0, 0.1) is 10.1 Å². The van der Waals surface area contributed by atoms with Gasteiger partial charge in [0, 0.05) is 30.8 Å². The number of furan rings is 1. The summed E-state index contributed by atoms with van der Waals surface area (Å²) < 4.78 is 40.9. The van der Waals surface area contributed by atoms with E-state index in [-0.39, 0.29) is 6.04 Å². The van der Waals surface area contributed by atoms with Crippen LogP contribution in [0.5, 0.6) is 5.75 Å². The first kappa shape index (κ1) is 18.1. The molecule has 9 heteroatoms. The van der Waals surface area contributed by atoms with Crippen LogP contribution in [-0.2, 0) is 11.2 Å². The molecule has 2 aromatic rings. The lowest BCUT2D eigenvalue weighted by Gasteiger charge is -2.36. The first-order valence-electron chi connectivity index (χ1n) is 8.15. The molecule has 1 aliphatic heterocycles. The zero-order chi connectivity index (χ0) is 18.7. The third-order valence-corrected chi connectivity index (χ3v) is 4.18. The Labute approximate surface area is 148 Å². The fourth-order valence-electron chi connectivity index (χ4n) is 2.93. The van der Waals surface area contributed by atoms with E-state index in [0.29, 0.717) is 31.2 Å². The molecule has 1 unspecified atom stereocenters. The number of morpholine rings is 1. The molecule has 1 fully saturated rings. The van der Waals surface area contributed by atoms with Gasteiger partial charge in [-0.1, -0.05) is 6.92 Å². The summed E-state index contributed by atoms with van der Waals surface area (Å²) >= 11 is 0. The monoisotopic (exact) mass is 368 g/mol. The van der Waals surface area contributed by atoms with Gasteiger partial charge in [0.05, 0.1) is 18.1 Å². The van der Waals surface area contributed by atoms with Gasteiger partial charge in [-0.2, -0.15) is 8.78 Å². The summed E-state index contributed by atoms with van der Waals surface area (Å²) in [6.07, 6.45) is 0.748. The molecule has 7 nitrogen and oxygen atoms in total. The van der Waals surface area contributed by atoms with Gasteiger partial charge < -0.3 is 18.8 Å². The maximum Gasteiger partial charge on any atom is 0.387 e. The van der Waals surface area contributed by atoms with Crippen LogP contribution in [0.1, 0.15) is 24.5 Å². The highest BCUT2D eigenvalue weighted by Gasteiger charge is 2.29. The molecule has 0 amide bonds. The van der Waals surface area contributed by atoms with E-state index < -0.39 is 23.0 Å². The van der Waals surface area contributed by atoms with Gasteiger partial charge in [-0.3, -0.25) is 10.1 Å². The minimum Gasteiger partial charge on any atom is -0.464 e. The lowest BCUT2D eigenvalue weighted by atomic mass is 10.1. The maximum atomic E-state index is 12.6. The quantitative estimate of drug-likeness (QED) is 0.568. The van der Waals surface area contributed by atoms with Gasteiger partial charge in [0.25, 0.3) is 0 Å². The third kappa shape index (κ3) is 3.77. The number of aryl methyl sites for hydroxylation is 1. The second-order valence-electron chi connectivity index (χ2n) is 5.73. The zero-order valence-corrected chi connectivity index (χ0v) is 14.1. The molecular formula is C17H18F2N2O5.